The molecule has 102 valence electrons. The number of halogens is 1. The summed E-state index contributed by atoms with van der Waals surface area (Å²) < 4.78 is 20.2. The third-order valence-corrected chi connectivity index (χ3v) is 3.23. The molecule has 20 heavy (non-hydrogen) atoms. The van der Waals surface area contributed by atoms with Gasteiger partial charge in [-0.3, -0.25) is 9.48 Å². The maximum atomic E-state index is 13.1. The minimum Gasteiger partial charge on any atom is -0.453 e. The number of fused-ring (bicyclic) bond motifs is 1. The Bertz CT molecular complexity index is 801. The summed E-state index contributed by atoms with van der Waals surface area (Å²) >= 11 is 0. The Hall–Kier alpha value is -2.43. The Labute approximate surface area is 114 Å². The highest BCUT2D eigenvalue weighted by Gasteiger charge is 2.19. The van der Waals surface area contributed by atoms with Crippen LogP contribution in [0.15, 0.2) is 34.7 Å². The lowest BCUT2D eigenvalue weighted by Crippen LogP contribution is -2.07. The van der Waals surface area contributed by atoms with Crippen molar-refractivity contribution in [3.63, 3.8) is 0 Å². The summed E-state index contributed by atoms with van der Waals surface area (Å²) in [6.45, 7) is 1.97. The van der Waals surface area contributed by atoms with Crippen LogP contribution >= 0.6 is 0 Å². The second-order valence-electron chi connectivity index (χ2n) is 4.62. The Balaban J connectivity index is 2.05. The zero-order valence-corrected chi connectivity index (χ0v) is 11.2. The molecule has 0 amide bonds. The first-order valence-electron chi connectivity index (χ1n) is 6.35. The van der Waals surface area contributed by atoms with Crippen LogP contribution in [-0.2, 0) is 13.5 Å². The molecular formula is C15H13FN2O2. The molecule has 3 aromatic rings. The van der Waals surface area contributed by atoms with Crippen molar-refractivity contribution in [2.45, 2.75) is 13.3 Å². The van der Waals surface area contributed by atoms with Gasteiger partial charge in [0, 0.05) is 12.4 Å². The molecule has 0 aliphatic heterocycles. The number of carbonyl (C=O) groups excluding carboxylic acids is 1. The number of nitrogens with zero attached hydrogens (tertiary/aromatic N) is 2. The highest BCUT2D eigenvalue weighted by molar-refractivity contribution is 6.08. The van der Waals surface area contributed by atoms with E-state index in [1.54, 1.807) is 19.2 Å². The second-order valence-corrected chi connectivity index (χ2v) is 4.62. The minimum absolute atomic E-state index is 0.191. The zero-order valence-electron chi connectivity index (χ0n) is 11.2. The van der Waals surface area contributed by atoms with Gasteiger partial charge in [0.1, 0.15) is 17.1 Å². The fourth-order valence-corrected chi connectivity index (χ4v) is 2.16. The van der Waals surface area contributed by atoms with E-state index in [4.69, 9.17) is 4.42 Å². The summed E-state index contributed by atoms with van der Waals surface area (Å²) in [5.41, 5.74) is 1.80. The third kappa shape index (κ3) is 2.01. The number of aromatic nitrogens is 2. The van der Waals surface area contributed by atoms with Gasteiger partial charge in [0.15, 0.2) is 5.76 Å². The van der Waals surface area contributed by atoms with Crippen LogP contribution < -0.4 is 0 Å². The minimum atomic E-state index is -0.355. The van der Waals surface area contributed by atoms with E-state index in [0.717, 1.165) is 12.1 Å². The van der Waals surface area contributed by atoms with E-state index in [2.05, 4.69) is 5.10 Å². The molecule has 0 radical (unpaired) electrons. The maximum Gasteiger partial charge on any atom is 0.246 e. The van der Waals surface area contributed by atoms with Crippen molar-refractivity contribution >= 4 is 16.8 Å². The molecule has 0 atom stereocenters. The van der Waals surface area contributed by atoms with E-state index in [9.17, 15) is 9.18 Å². The van der Waals surface area contributed by atoms with E-state index in [-0.39, 0.29) is 17.4 Å². The number of hydrogen-bond acceptors (Lipinski definition) is 3. The van der Waals surface area contributed by atoms with Gasteiger partial charge in [0.25, 0.3) is 0 Å². The Morgan fingerprint density at radius 1 is 1.35 bits per heavy atom. The van der Waals surface area contributed by atoms with Gasteiger partial charge in [0.05, 0.1) is 5.69 Å². The first kappa shape index (κ1) is 12.6. The Kier molecular flexibility index (Phi) is 2.89. The second kappa shape index (κ2) is 4.59. The van der Waals surface area contributed by atoms with Crippen molar-refractivity contribution in [2.75, 3.05) is 0 Å². The van der Waals surface area contributed by atoms with Crippen molar-refractivity contribution in [3.05, 3.63) is 53.3 Å². The van der Waals surface area contributed by atoms with Gasteiger partial charge in [-0.1, -0.05) is 6.92 Å². The predicted octanol–water partition coefficient (Wildman–Crippen LogP) is 3.10. The van der Waals surface area contributed by atoms with Crippen LogP contribution in [0.2, 0.25) is 0 Å². The Morgan fingerprint density at radius 2 is 2.15 bits per heavy atom. The highest BCUT2D eigenvalue weighted by atomic mass is 19.1. The molecule has 5 heteroatoms. The van der Waals surface area contributed by atoms with E-state index in [1.807, 2.05) is 6.92 Å². The van der Waals surface area contributed by atoms with Crippen LogP contribution in [0, 0.1) is 5.82 Å². The lowest BCUT2D eigenvalue weighted by atomic mass is 10.2. The first-order valence-corrected chi connectivity index (χ1v) is 6.35. The molecule has 2 aromatic heterocycles. The summed E-state index contributed by atoms with van der Waals surface area (Å²) in [6, 6.07) is 7.47. The van der Waals surface area contributed by atoms with Gasteiger partial charge in [0.2, 0.25) is 5.78 Å². The van der Waals surface area contributed by atoms with Gasteiger partial charge >= 0.3 is 0 Å². The van der Waals surface area contributed by atoms with Crippen LogP contribution in [0.3, 0.4) is 0 Å². The van der Waals surface area contributed by atoms with Crippen molar-refractivity contribution in [2.24, 2.45) is 7.05 Å². The molecule has 0 spiro atoms. The molecule has 0 fully saturated rings. The predicted molar refractivity (Wildman–Crippen MR) is 72.2 cm³/mol. The van der Waals surface area contributed by atoms with Crippen LogP contribution in [0.5, 0.6) is 0 Å². The zero-order chi connectivity index (χ0) is 14.3. The van der Waals surface area contributed by atoms with E-state index in [1.165, 1.54) is 22.9 Å². The molecule has 4 nitrogen and oxygen atoms in total. The molecule has 0 saturated carbocycles. The van der Waals surface area contributed by atoms with Crippen LogP contribution in [-0.4, -0.2) is 15.6 Å². The molecule has 2 heterocycles. The maximum absolute atomic E-state index is 13.1. The van der Waals surface area contributed by atoms with Gasteiger partial charge in [-0.2, -0.15) is 5.10 Å². The van der Waals surface area contributed by atoms with E-state index in [0.29, 0.717) is 16.7 Å². The van der Waals surface area contributed by atoms with Crippen LogP contribution in [0.4, 0.5) is 4.39 Å². The molecule has 0 N–H and O–H groups in total. The smallest absolute Gasteiger partial charge is 0.246 e. The largest absolute Gasteiger partial charge is 0.453 e. The molecule has 0 saturated heterocycles. The summed E-state index contributed by atoms with van der Waals surface area (Å²) in [5.74, 6) is -0.418. The number of hydrogen-bond donors (Lipinski definition) is 0. The number of carbonyl (C=O) groups is 1. The monoisotopic (exact) mass is 272 g/mol. The fraction of sp³-hybridized carbons (Fsp3) is 0.200. The summed E-state index contributed by atoms with van der Waals surface area (Å²) in [6.07, 6.45) is 0.756. The van der Waals surface area contributed by atoms with Gasteiger partial charge in [-0.15, -0.1) is 0 Å². The van der Waals surface area contributed by atoms with Gasteiger partial charge < -0.3 is 4.42 Å². The summed E-state index contributed by atoms with van der Waals surface area (Å²) in [4.78, 5) is 12.4. The van der Waals surface area contributed by atoms with E-state index >= 15 is 0 Å². The highest BCUT2D eigenvalue weighted by Crippen LogP contribution is 2.22. The fourth-order valence-electron chi connectivity index (χ4n) is 2.16. The molecule has 0 aliphatic rings. The van der Waals surface area contributed by atoms with Crippen LogP contribution in [0.1, 0.15) is 28.9 Å². The van der Waals surface area contributed by atoms with Crippen molar-refractivity contribution in [1.82, 2.24) is 9.78 Å². The summed E-state index contributed by atoms with van der Waals surface area (Å²) in [7, 11) is 1.72. The average molecular weight is 272 g/mol. The standard InChI is InChI=1S/C15H13FN2O2/c1-3-11-8-12(18(2)17-11)15(19)14-7-9-6-10(16)4-5-13(9)20-14/h4-8H,3H2,1-2H3. The van der Waals surface area contributed by atoms with Crippen molar-refractivity contribution in [1.29, 1.82) is 0 Å². The normalized spacial score (nSPS) is 11.2. The molecule has 3 rings (SSSR count). The Morgan fingerprint density at radius 3 is 2.85 bits per heavy atom. The average Bonchev–Trinajstić information content (AvgIpc) is 3.00. The number of aryl methyl sites for hydroxylation is 2. The number of rotatable bonds is 3. The molecular weight excluding hydrogens is 259 g/mol. The SMILES string of the molecule is CCc1cc(C(=O)c2cc3cc(F)ccc3o2)n(C)n1. The molecule has 0 aliphatic carbocycles. The lowest BCUT2D eigenvalue weighted by Gasteiger charge is -1.96. The van der Waals surface area contributed by atoms with Crippen LogP contribution in [0.25, 0.3) is 11.0 Å². The van der Waals surface area contributed by atoms with Gasteiger partial charge in [-0.05, 0) is 36.8 Å². The summed E-state index contributed by atoms with van der Waals surface area (Å²) in [5, 5.41) is 4.81. The quantitative estimate of drug-likeness (QED) is 0.688. The molecule has 0 unspecified atom stereocenters. The first-order chi connectivity index (χ1) is 9.58. The van der Waals surface area contributed by atoms with Gasteiger partial charge in [-0.25, -0.2) is 4.39 Å². The molecule has 1 aromatic carbocycles. The van der Waals surface area contributed by atoms with Crippen molar-refractivity contribution in [3.8, 4) is 0 Å². The number of furan rings is 1. The molecule has 0 bridgehead atoms. The topological polar surface area (TPSA) is 48.0 Å². The number of ketones is 1. The third-order valence-electron chi connectivity index (χ3n) is 3.23. The lowest BCUT2D eigenvalue weighted by molar-refractivity contribution is 0.100. The van der Waals surface area contributed by atoms with E-state index < -0.39 is 0 Å². The number of benzene rings is 1. The van der Waals surface area contributed by atoms with Crippen molar-refractivity contribution < 1.29 is 13.6 Å².